The average molecular weight is 403 g/mol. The maximum Gasteiger partial charge on any atom is 0.190 e. The Bertz CT molecular complexity index is 755. The minimum atomic E-state index is -1.12. The van der Waals surface area contributed by atoms with E-state index in [0.29, 0.717) is 13.2 Å². The molecule has 29 heavy (non-hydrogen) atoms. The lowest BCUT2D eigenvalue weighted by Gasteiger charge is -2.40. The van der Waals surface area contributed by atoms with Gasteiger partial charge in [0.1, 0.15) is 24.4 Å². The Kier molecular flexibility index (Phi) is 5.70. The van der Waals surface area contributed by atoms with Gasteiger partial charge in [-0.15, -0.1) is 5.97 Å². The van der Waals surface area contributed by atoms with Gasteiger partial charge in [-0.05, 0) is 33.3 Å². The fourth-order valence-corrected chi connectivity index (χ4v) is 4.17. The quantitative estimate of drug-likeness (QED) is 0.521. The molecular weight excluding hydrogens is 375 g/mol. The van der Waals surface area contributed by atoms with Crippen LogP contribution in [0.4, 0.5) is 0 Å². The topological polar surface area (TPSA) is 82.4 Å². The van der Waals surface area contributed by atoms with Gasteiger partial charge in [-0.25, -0.2) is 5.26 Å². The summed E-state index contributed by atoms with van der Waals surface area (Å²) in [5.74, 6) is 0.769. The molecule has 0 unspecified atom stereocenters. The summed E-state index contributed by atoms with van der Waals surface area (Å²) in [7, 11) is -1.12. The summed E-state index contributed by atoms with van der Waals surface area (Å²) in [6.07, 6.45) is -1.93. The highest BCUT2D eigenvalue weighted by Crippen LogP contribution is 2.44. The van der Waals surface area contributed by atoms with Crippen molar-refractivity contribution in [2.24, 2.45) is 0 Å². The molecule has 0 aliphatic carbocycles. The fourth-order valence-electron chi connectivity index (χ4n) is 4.17. The molecule has 0 bridgehead atoms. The maximum absolute atomic E-state index is 9.30. The number of hydrogen-bond donors (Lipinski definition) is 0. The molecule has 8 nitrogen and oxygen atoms in total. The number of benzene rings is 1. The standard InChI is InChI=1S/C20H28BN2O6/c1-19(2)26-15-14(25-18-17(16(15)27-19)28-20(3,4)29-18)10-23(21-12-22)24-11-13-8-6-5-7-9-13/h5-9,14-18H,10-11,21H2,1-4H3/q-1/t14-,15+,16+,17-,18-/m1/s1. The van der Waals surface area contributed by atoms with E-state index >= 15 is 0 Å². The molecule has 0 spiro atoms. The number of rotatable bonds is 6. The van der Waals surface area contributed by atoms with Crippen molar-refractivity contribution in [3.8, 4) is 5.97 Å². The summed E-state index contributed by atoms with van der Waals surface area (Å²) in [4.78, 5) is 7.67. The number of nitriles is 1. The van der Waals surface area contributed by atoms with Crippen LogP contribution in [-0.4, -0.2) is 61.2 Å². The van der Waals surface area contributed by atoms with Crippen LogP contribution in [0.15, 0.2) is 30.3 Å². The lowest BCUT2D eigenvalue weighted by molar-refractivity contribution is -0.247. The van der Waals surface area contributed by atoms with Crippen LogP contribution in [0.1, 0.15) is 33.3 Å². The number of nitrogens with zero attached hydrogens (tertiary/aromatic N) is 2. The monoisotopic (exact) mass is 403 g/mol. The van der Waals surface area contributed by atoms with Crippen LogP contribution in [-0.2, 0) is 35.1 Å². The lowest BCUT2D eigenvalue weighted by atomic mass is 9.94. The van der Waals surface area contributed by atoms with Gasteiger partial charge in [-0.1, -0.05) is 30.3 Å². The first-order valence-electron chi connectivity index (χ1n) is 10.2. The van der Waals surface area contributed by atoms with Gasteiger partial charge in [-0.3, -0.25) is 0 Å². The van der Waals surface area contributed by atoms with Crippen molar-refractivity contribution >= 4 is 7.41 Å². The summed E-state index contributed by atoms with van der Waals surface area (Å²) in [5, 5.41) is 9.30. The number of hydroxylamine groups is 1. The van der Waals surface area contributed by atoms with Crippen molar-refractivity contribution in [2.75, 3.05) is 6.54 Å². The molecule has 3 aliphatic heterocycles. The zero-order valence-corrected chi connectivity index (χ0v) is 17.5. The number of hydrogen-bond acceptors (Lipinski definition) is 8. The second-order valence-electron chi connectivity index (χ2n) is 8.72. The van der Waals surface area contributed by atoms with Crippen molar-refractivity contribution in [3.05, 3.63) is 35.9 Å². The molecule has 3 aliphatic rings. The number of fused-ring (bicyclic) bond motifs is 3. The predicted molar refractivity (Wildman–Crippen MR) is 105 cm³/mol. The minimum Gasteiger partial charge on any atom is -0.345 e. The number of ether oxygens (including phenoxy) is 5. The molecule has 4 rings (SSSR count). The molecule has 158 valence electrons. The molecule has 0 aromatic heterocycles. The van der Waals surface area contributed by atoms with Gasteiger partial charge in [0.2, 0.25) is 0 Å². The molecule has 3 fully saturated rings. The molecule has 5 atom stereocenters. The summed E-state index contributed by atoms with van der Waals surface area (Å²) in [6, 6.07) is 9.86. The van der Waals surface area contributed by atoms with Crippen LogP contribution in [0, 0.1) is 11.2 Å². The third-order valence-electron chi connectivity index (χ3n) is 5.33. The van der Waals surface area contributed by atoms with Gasteiger partial charge in [0.15, 0.2) is 25.3 Å². The Balaban J connectivity index is 1.47. The highest BCUT2D eigenvalue weighted by atomic mass is 16.9. The first kappa shape index (κ1) is 20.8. The zero-order valence-electron chi connectivity index (χ0n) is 17.5. The molecule has 9 heteroatoms. The van der Waals surface area contributed by atoms with E-state index in [4.69, 9.17) is 28.5 Å². The fraction of sp³-hybridized carbons (Fsp3) is 0.650. The van der Waals surface area contributed by atoms with E-state index in [-0.39, 0.29) is 24.4 Å². The van der Waals surface area contributed by atoms with E-state index < -0.39 is 25.3 Å². The summed E-state index contributed by atoms with van der Waals surface area (Å²) < 4.78 is 30.5. The van der Waals surface area contributed by atoms with Crippen molar-refractivity contribution in [1.29, 1.82) is 5.26 Å². The normalized spacial score (nSPS) is 34.6. The first-order valence-corrected chi connectivity index (χ1v) is 10.2. The maximum atomic E-state index is 9.30. The minimum absolute atomic E-state index is 0.311. The molecule has 0 N–H and O–H groups in total. The smallest absolute Gasteiger partial charge is 0.190 e. The van der Waals surface area contributed by atoms with Gasteiger partial charge < -0.3 is 33.5 Å². The highest BCUT2D eigenvalue weighted by molar-refractivity contribution is 6.41. The van der Waals surface area contributed by atoms with Crippen LogP contribution in [0.2, 0.25) is 0 Å². The molecular formula is C20H28BN2O6-. The van der Waals surface area contributed by atoms with Crippen LogP contribution >= 0.6 is 0 Å². The highest BCUT2D eigenvalue weighted by Gasteiger charge is 2.60. The Morgan fingerprint density at radius 1 is 1.00 bits per heavy atom. The largest absolute Gasteiger partial charge is 0.345 e. The van der Waals surface area contributed by atoms with E-state index in [0.717, 1.165) is 5.56 Å². The van der Waals surface area contributed by atoms with E-state index in [1.165, 1.54) is 0 Å². The average Bonchev–Trinajstić information content (AvgIpc) is 3.15. The van der Waals surface area contributed by atoms with Crippen molar-refractivity contribution in [3.63, 3.8) is 0 Å². The second-order valence-corrected chi connectivity index (χ2v) is 8.72. The molecule has 1 aromatic rings. The zero-order chi connectivity index (χ0) is 20.6. The summed E-state index contributed by atoms with van der Waals surface area (Å²) in [6.45, 7) is 8.27. The Labute approximate surface area is 171 Å². The summed E-state index contributed by atoms with van der Waals surface area (Å²) >= 11 is 0. The van der Waals surface area contributed by atoms with Crippen molar-refractivity contribution in [1.82, 2.24) is 4.97 Å². The third-order valence-corrected chi connectivity index (χ3v) is 5.33. The van der Waals surface area contributed by atoms with Crippen LogP contribution in [0.25, 0.3) is 0 Å². The SMILES string of the molecule is CC1(C)O[C@H]2[C@@H](O1)[C@@H](CN([BH2-]C#N)OCc1ccccc1)O[C@@H]1OC(C)(C)O[C@@H]12. The van der Waals surface area contributed by atoms with Crippen LogP contribution < -0.4 is 0 Å². The lowest BCUT2D eigenvalue weighted by Crippen LogP contribution is -2.58. The van der Waals surface area contributed by atoms with E-state index in [1.807, 2.05) is 58.0 Å². The molecule has 0 amide bonds. The van der Waals surface area contributed by atoms with Crippen molar-refractivity contribution < 1.29 is 28.5 Å². The van der Waals surface area contributed by atoms with Gasteiger partial charge >= 0.3 is 0 Å². The Morgan fingerprint density at radius 2 is 1.66 bits per heavy atom. The van der Waals surface area contributed by atoms with Gasteiger partial charge in [0.25, 0.3) is 0 Å². The molecule has 3 saturated heterocycles. The second kappa shape index (κ2) is 7.97. The van der Waals surface area contributed by atoms with Crippen molar-refractivity contribution in [2.45, 2.75) is 76.6 Å². The molecule has 0 saturated carbocycles. The Hall–Kier alpha value is -1.51. The first-order chi connectivity index (χ1) is 13.8. The molecule has 3 heterocycles. The molecule has 0 radical (unpaired) electrons. The van der Waals surface area contributed by atoms with E-state index in [2.05, 4.69) is 5.97 Å². The Morgan fingerprint density at radius 3 is 2.38 bits per heavy atom. The van der Waals surface area contributed by atoms with E-state index in [9.17, 15) is 5.26 Å². The van der Waals surface area contributed by atoms with Crippen LogP contribution in [0.3, 0.4) is 0 Å². The van der Waals surface area contributed by atoms with Gasteiger partial charge in [0.05, 0.1) is 6.61 Å². The van der Waals surface area contributed by atoms with Gasteiger partial charge in [0, 0.05) is 6.54 Å². The predicted octanol–water partition coefficient (Wildman–Crippen LogP) is 1.38. The van der Waals surface area contributed by atoms with Gasteiger partial charge in [-0.2, -0.15) is 0 Å². The third kappa shape index (κ3) is 4.65. The molecule has 1 aromatic carbocycles. The van der Waals surface area contributed by atoms with E-state index in [1.54, 1.807) is 4.97 Å². The summed E-state index contributed by atoms with van der Waals surface area (Å²) in [5.41, 5.74) is 1.04. The van der Waals surface area contributed by atoms with Crippen LogP contribution in [0.5, 0.6) is 0 Å².